The van der Waals surface area contributed by atoms with Crippen molar-refractivity contribution in [1.29, 1.82) is 0 Å². The summed E-state index contributed by atoms with van der Waals surface area (Å²) in [6.07, 6.45) is 1.98. The predicted octanol–water partition coefficient (Wildman–Crippen LogP) is 8.03. The number of aromatic nitrogens is 1. The Kier molecular flexibility index (Phi) is 3.86. The smallest absolute Gasteiger partial charge is 0.0820 e. The summed E-state index contributed by atoms with van der Waals surface area (Å²) < 4.78 is 0. The molecule has 0 saturated carbocycles. The zero-order valence-corrected chi connectivity index (χ0v) is 17.7. The van der Waals surface area contributed by atoms with Gasteiger partial charge in [0, 0.05) is 22.0 Å². The average molecular weight is 381 g/mol. The van der Waals surface area contributed by atoms with Crippen molar-refractivity contribution in [2.24, 2.45) is 6.66 Å². The lowest BCUT2D eigenvalue weighted by molar-refractivity contribution is 0.596. The first-order valence-electron chi connectivity index (χ1n) is 9.81. The van der Waals surface area contributed by atoms with Crippen molar-refractivity contribution in [2.75, 3.05) is 0 Å². The van der Waals surface area contributed by atoms with E-state index in [-0.39, 0.29) is 12.9 Å². The number of hydrogen-bond acceptors (Lipinski definition) is 1. The van der Waals surface area contributed by atoms with Gasteiger partial charge in [0.1, 0.15) is 0 Å². The molecule has 1 nitrogen and oxygen atoms in total. The Balaban J connectivity index is 1.90. The fourth-order valence-electron chi connectivity index (χ4n) is 4.40. The summed E-state index contributed by atoms with van der Waals surface area (Å²) in [4.78, 5) is 4.90. The Hall–Kier alpha value is -2.63. The molecule has 0 aliphatic rings. The Bertz CT molecular complexity index is 1350. The van der Waals surface area contributed by atoms with Crippen LogP contribution in [0.4, 0.5) is 0 Å². The molecule has 0 bridgehead atoms. The second-order valence-electron chi connectivity index (χ2n) is 8.63. The zero-order chi connectivity index (χ0) is 19.5. The van der Waals surface area contributed by atoms with Crippen LogP contribution in [-0.2, 0) is 12.1 Å². The average Bonchev–Trinajstić information content (AvgIpc) is 2.99. The third-order valence-corrected chi connectivity index (χ3v) is 7.99. The van der Waals surface area contributed by atoms with E-state index in [0.717, 1.165) is 5.69 Å². The predicted molar refractivity (Wildman–Crippen MR) is 125 cm³/mol. The number of nitrogens with zero attached hydrogens (tertiary/aromatic N) is 1. The molecule has 138 valence electrons. The maximum Gasteiger partial charge on any atom is 0.0820 e. The van der Waals surface area contributed by atoms with Crippen molar-refractivity contribution >= 4 is 39.3 Å². The number of pyridine rings is 1. The number of hydrogen-bond donors (Lipinski definition) is 0. The van der Waals surface area contributed by atoms with Gasteiger partial charge in [-0.15, -0.1) is 7.53 Å². The summed E-state index contributed by atoms with van der Waals surface area (Å²) in [7, 11) is -0.385. The maximum atomic E-state index is 4.90. The summed E-state index contributed by atoms with van der Waals surface area (Å²) >= 11 is 0. The lowest BCUT2D eigenvalue weighted by atomic mass is 9.82. The minimum atomic E-state index is -0.385. The van der Waals surface area contributed by atoms with E-state index in [4.69, 9.17) is 4.98 Å². The van der Waals surface area contributed by atoms with Gasteiger partial charge in [-0.2, -0.15) is 0 Å². The maximum absolute atomic E-state index is 4.90. The third kappa shape index (κ3) is 2.58. The minimum Gasteiger partial charge on any atom is -0.255 e. The molecule has 1 unspecified atom stereocenters. The number of benzene rings is 3. The first-order valence-corrected chi connectivity index (χ1v) is 11.6. The van der Waals surface area contributed by atoms with Gasteiger partial charge >= 0.3 is 0 Å². The highest BCUT2D eigenvalue weighted by atomic mass is 31.1. The van der Waals surface area contributed by atoms with Crippen molar-refractivity contribution in [3.63, 3.8) is 0 Å². The van der Waals surface area contributed by atoms with Gasteiger partial charge in [0.05, 0.1) is 5.69 Å². The molecule has 2 heteroatoms. The fraction of sp³-hybridized carbons (Fsp3) is 0.192. The van der Waals surface area contributed by atoms with Crippen molar-refractivity contribution < 1.29 is 0 Å². The second kappa shape index (κ2) is 6.19. The molecule has 2 heterocycles. The van der Waals surface area contributed by atoms with Gasteiger partial charge < -0.3 is 0 Å². The van der Waals surface area contributed by atoms with E-state index in [1.165, 1.54) is 42.9 Å². The molecule has 0 aliphatic heterocycles. The Labute approximate surface area is 167 Å². The van der Waals surface area contributed by atoms with E-state index in [1.54, 1.807) is 0 Å². The van der Waals surface area contributed by atoms with Gasteiger partial charge in [0.25, 0.3) is 0 Å². The van der Waals surface area contributed by atoms with E-state index in [9.17, 15) is 0 Å². The normalized spacial score (nSPS) is 12.9. The molecule has 0 radical (unpaired) electrons. The number of rotatable bonds is 1. The molecule has 0 fully saturated rings. The van der Waals surface area contributed by atoms with E-state index in [1.807, 2.05) is 6.20 Å². The topological polar surface area (TPSA) is 12.9 Å². The molecule has 0 aliphatic carbocycles. The number of aryl methyl sites for hydroxylation is 1. The quantitative estimate of drug-likeness (QED) is 0.286. The van der Waals surface area contributed by atoms with Crippen molar-refractivity contribution in [3.05, 3.63) is 78.5 Å². The summed E-state index contributed by atoms with van der Waals surface area (Å²) in [5.41, 5.74) is 3.85. The molecular formula is C26H24NP. The molecule has 1 atom stereocenters. The van der Waals surface area contributed by atoms with Gasteiger partial charge in [-0.1, -0.05) is 69.3 Å². The first-order chi connectivity index (χ1) is 13.4. The van der Waals surface area contributed by atoms with Gasteiger partial charge in [-0.3, -0.25) is 4.98 Å². The van der Waals surface area contributed by atoms with Crippen LogP contribution in [0.15, 0.2) is 72.9 Å². The molecule has 0 N–H and O–H groups in total. The molecule has 3 aromatic carbocycles. The molecule has 28 heavy (non-hydrogen) atoms. The van der Waals surface area contributed by atoms with Crippen LogP contribution in [0.2, 0.25) is 0 Å². The van der Waals surface area contributed by atoms with Crippen molar-refractivity contribution in [3.8, 4) is 11.3 Å². The summed E-state index contributed by atoms with van der Waals surface area (Å²) in [5, 5.41) is 8.27. The number of fused-ring (bicyclic) bond motifs is 4. The van der Waals surface area contributed by atoms with E-state index >= 15 is 0 Å². The monoisotopic (exact) mass is 381 g/mol. The highest BCUT2D eigenvalue weighted by Crippen LogP contribution is 2.50. The summed E-state index contributed by atoms with van der Waals surface area (Å²) in [6.45, 7) is 9.26. The highest BCUT2D eigenvalue weighted by molar-refractivity contribution is 7.60. The molecule has 0 saturated heterocycles. The SMILES string of the molecule is Cp1c2ccccc2c2ccnc(-c3cc(C(C)(C)C)c4ccccc4c3)c21. The standard InChI is InChI=1S/C26H24NP/c1-26(2,3)22-16-18(15-17-9-5-6-10-19(17)22)24-25-21(13-14-27-24)20-11-7-8-12-23(20)28(25)4/h5-16H,1-4H3. The zero-order valence-electron chi connectivity index (χ0n) is 16.8. The lowest BCUT2D eigenvalue weighted by Gasteiger charge is -2.23. The molecule has 5 aromatic rings. The third-order valence-electron chi connectivity index (χ3n) is 5.76. The van der Waals surface area contributed by atoms with Crippen LogP contribution in [0.1, 0.15) is 26.3 Å². The van der Waals surface area contributed by atoms with Crippen molar-refractivity contribution in [1.82, 2.24) is 4.98 Å². The first kappa shape index (κ1) is 17.5. The van der Waals surface area contributed by atoms with Gasteiger partial charge in [-0.05, 0) is 57.4 Å². The van der Waals surface area contributed by atoms with Gasteiger partial charge in [0.15, 0.2) is 0 Å². The van der Waals surface area contributed by atoms with Crippen molar-refractivity contribution in [2.45, 2.75) is 26.2 Å². The molecular weight excluding hydrogens is 357 g/mol. The molecule has 0 amide bonds. The van der Waals surface area contributed by atoms with E-state index in [2.05, 4.69) is 94.2 Å². The van der Waals surface area contributed by atoms with E-state index in [0.29, 0.717) is 0 Å². The minimum absolute atomic E-state index is 0.0769. The van der Waals surface area contributed by atoms with Crippen LogP contribution in [0, 0.1) is 0 Å². The highest BCUT2D eigenvalue weighted by Gasteiger charge is 2.20. The Morgan fingerprint density at radius 2 is 1.50 bits per heavy atom. The van der Waals surface area contributed by atoms with Gasteiger partial charge in [0.2, 0.25) is 0 Å². The fourth-order valence-corrected chi connectivity index (χ4v) is 6.57. The van der Waals surface area contributed by atoms with Gasteiger partial charge in [-0.25, -0.2) is 0 Å². The molecule has 2 aromatic heterocycles. The van der Waals surface area contributed by atoms with Crippen LogP contribution in [0.25, 0.3) is 43.0 Å². The van der Waals surface area contributed by atoms with Crippen LogP contribution in [0.3, 0.4) is 0 Å². The van der Waals surface area contributed by atoms with Crippen LogP contribution >= 0.6 is 7.53 Å². The summed E-state index contributed by atoms with van der Waals surface area (Å²) in [6, 6.07) is 24.4. The van der Waals surface area contributed by atoms with Crippen LogP contribution in [0.5, 0.6) is 0 Å². The van der Waals surface area contributed by atoms with Crippen LogP contribution < -0.4 is 0 Å². The van der Waals surface area contributed by atoms with E-state index < -0.39 is 0 Å². The lowest BCUT2D eigenvalue weighted by Crippen LogP contribution is -2.12. The largest absolute Gasteiger partial charge is 0.255 e. The summed E-state index contributed by atoms with van der Waals surface area (Å²) in [5.74, 6) is 0. The molecule has 5 rings (SSSR count). The molecule has 0 spiro atoms. The Morgan fingerprint density at radius 1 is 0.786 bits per heavy atom. The second-order valence-corrected chi connectivity index (χ2v) is 10.7. The Morgan fingerprint density at radius 3 is 2.29 bits per heavy atom. The van der Waals surface area contributed by atoms with Crippen LogP contribution in [-0.4, -0.2) is 4.98 Å².